The Labute approximate surface area is 230 Å². The third kappa shape index (κ3) is 6.00. The molecule has 1 N–H and O–H groups in total. The van der Waals surface area contributed by atoms with Crippen LogP contribution in [0, 0.1) is 0 Å². The topological polar surface area (TPSA) is 82.5 Å². The number of hydrogen-bond donors (Lipinski definition) is 1. The number of para-hydroxylation sites is 1. The van der Waals surface area contributed by atoms with Gasteiger partial charge in [0.25, 0.3) is 5.91 Å². The van der Waals surface area contributed by atoms with Gasteiger partial charge in [-0.15, -0.1) is 0 Å². The number of carbonyl (C=O) groups excluding carboxylic acids is 2. The van der Waals surface area contributed by atoms with Crippen molar-refractivity contribution >= 4 is 29.2 Å². The summed E-state index contributed by atoms with van der Waals surface area (Å²) in [5.74, 6) is -0.620. The molecule has 1 amide bonds. The number of ether oxygens (including phenoxy) is 2. The normalized spacial score (nSPS) is 11.4. The van der Waals surface area contributed by atoms with Crippen molar-refractivity contribution in [3.05, 3.63) is 132 Å². The van der Waals surface area contributed by atoms with Gasteiger partial charge in [-0.05, 0) is 36.4 Å². The number of benzene rings is 4. The zero-order valence-corrected chi connectivity index (χ0v) is 21.7. The summed E-state index contributed by atoms with van der Waals surface area (Å²) in [5.41, 5.74) is 3.09. The molecule has 4 aromatic carbocycles. The van der Waals surface area contributed by atoms with Gasteiger partial charge in [0.1, 0.15) is 17.0 Å². The first-order valence-corrected chi connectivity index (χ1v) is 12.5. The second kappa shape index (κ2) is 11.7. The lowest BCUT2D eigenvalue weighted by Gasteiger charge is -2.18. The molecule has 0 saturated carbocycles. The Morgan fingerprint density at radius 3 is 2.26 bits per heavy atom. The van der Waals surface area contributed by atoms with Gasteiger partial charge in [-0.25, -0.2) is 9.48 Å². The van der Waals surface area contributed by atoms with Gasteiger partial charge in [-0.2, -0.15) is 5.10 Å². The minimum absolute atomic E-state index is 0.205. The van der Waals surface area contributed by atoms with Crippen LogP contribution in [0.1, 0.15) is 22.0 Å². The summed E-state index contributed by atoms with van der Waals surface area (Å²) in [4.78, 5) is 27.1. The number of nitrogens with zero attached hydrogens (tertiary/aromatic N) is 2. The first kappa shape index (κ1) is 25.8. The fourth-order valence-corrected chi connectivity index (χ4v) is 4.16. The van der Waals surface area contributed by atoms with E-state index >= 15 is 0 Å². The van der Waals surface area contributed by atoms with Gasteiger partial charge in [0.05, 0.1) is 12.8 Å². The molecule has 0 radical (unpaired) electrons. The Kier molecular flexibility index (Phi) is 7.70. The molecule has 0 spiro atoms. The summed E-state index contributed by atoms with van der Waals surface area (Å²) in [7, 11) is 1.55. The van der Waals surface area contributed by atoms with E-state index in [1.165, 1.54) is 0 Å². The van der Waals surface area contributed by atoms with Gasteiger partial charge in [-0.3, -0.25) is 4.79 Å². The zero-order chi connectivity index (χ0) is 27.2. The number of carbonyl (C=O) groups is 2. The van der Waals surface area contributed by atoms with E-state index in [4.69, 9.17) is 21.1 Å². The van der Waals surface area contributed by atoms with Crippen LogP contribution in [-0.2, 0) is 9.53 Å². The molecular formula is C31H24ClN3O4. The van der Waals surface area contributed by atoms with Crippen LogP contribution in [0.15, 0.2) is 115 Å². The molecule has 1 atom stereocenters. The summed E-state index contributed by atoms with van der Waals surface area (Å²) < 4.78 is 12.7. The molecule has 5 aromatic rings. The SMILES string of the molecule is COc1cccc(NC(=O)[C@H](OC(=O)c2cn(-c3ccccc3)nc2-c2ccc(Cl)cc2)c2ccccc2)c1. The van der Waals surface area contributed by atoms with Crippen LogP contribution in [0.5, 0.6) is 5.75 Å². The second-order valence-electron chi connectivity index (χ2n) is 8.60. The number of hydrogen-bond acceptors (Lipinski definition) is 5. The highest BCUT2D eigenvalue weighted by molar-refractivity contribution is 6.30. The molecular weight excluding hydrogens is 514 g/mol. The maximum Gasteiger partial charge on any atom is 0.343 e. The number of nitrogens with one attached hydrogen (secondary N) is 1. The van der Waals surface area contributed by atoms with Crippen molar-refractivity contribution < 1.29 is 19.1 Å². The highest BCUT2D eigenvalue weighted by Gasteiger charge is 2.29. The van der Waals surface area contributed by atoms with Crippen LogP contribution in [-0.4, -0.2) is 28.8 Å². The smallest absolute Gasteiger partial charge is 0.343 e. The van der Waals surface area contributed by atoms with E-state index in [1.54, 1.807) is 90.8 Å². The summed E-state index contributed by atoms with van der Waals surface area (Å²) in [5, 5.41) is 8.05. The van der Waals surface area contributed by atoms with Crippen molar-refractivity contribution in [1.82, 2.24) is 9.78 Å². The molecule has 0 aliphatic carbocycles. The lowest BCUT2D eigenvalue weighted by molar-refractivity contribution is -0.125. The Hall–Kier alpha value is -4.88. The summed E-state index contributed by atoms with van der Waals surface area (Å²) in [6, 6.07) is 32.2. The van der Waals surface area contributed by atoms with Gasteiger partial charge in [0.2, 0.25) is 6.10 Å². The standard InChI is InChI=1S/C31H24ClN3O4/c1-38-26-14-8-11-24(19-26)33-30(36)29(22-9-4-2-5-10-22)39-31(37)27-20-35(25-12-6-3-7-13-25)34-28(27)21-15-17-23(32)18-16-21/h2-20,29H,1H3,(H,33,36)/t29-/m1/s1. The van der Waals surface area contributed by atoms with Gasteiger partial charge in [0.15, 0.2) is 0 Å². The molecule has 5 rings (SSSR count). The molecule has 0 aliphatic heterocycles. The van der Waals surface area contributed by atoms with E-state index in [0.717, 1.165) is 5.69 Å². The van der Waals surface area contributed by atoms with Crippen molar-refractivity contribution in [2.24, 2.45) is 0 Å². The monoisotopic (exact) mass is 537 g/mol. The van der Waals surface area contributed by atoms with Crippen molar-refractivity contribution in [3.8, 4) is 22.7 Å². The third-order valence-corrected chi connectivity index (χ3v) is 6.23. The van der Waals surface area contributed by atoms with Crippen molar-refractivity contribution in [2.45, 2.75) is 6.10 Å². The van der Waals surface area contributed by atoms with Crippen molar-refractivity contribution in [3.63, 3.8) is 0 Å². The highest BCUT2D eigenvalue weighted by Crippen LogP contribution is 2.29. The van der Waals surface area contributed by atoms with Crippen LogP contribution in [0.3, 0.4) is 0 Å². The molecule has 0 aliphatic rings. The Morgan fingerprint density at radius 2 is 1.56 bits per heavy atom. The predicted molar refractivity (Wildman–Crippen MR) is 150 cm³/mol. The molecule has 1 aromatic heterocycles. The first-order chi connectivity index (χ1) is 19.0. The van der Waals surface area contributed by atoms with Gasteiger partial charge >= 0.3 is 5.97 Å². The number of esters is 1. The first-order valence-electron chi connectivity index (χ1n) is 12.1. The van der Waals surface area contributed by atoms with E-state index in [9.17, 15) is 9.59 Å². The number of aromatic nitrogens is 2. The molecule has 0 saturated heterocycles. The van der Waals surface area contributed by atoms with Crippen molar-refractivity contribution in [2.75, 3.05) is 12.4 Å². The minimum atomic E-state index is -1.22. The number of anilines is 1. The van der Waals surface area contributed by atoms with E-state index < -0.39 is 18.0 Å². The Morgan fingerprint density at radius 1 is 0.872 bits per heavy atom. The molecule has 194 valence electrons. The molecule has 0 bridgehead atoms. The van der Waals surface area contributed by atoms with Crippen LogP contribution >= 0.6 is 11.6 Å². The number of halogens is 1. The van der Waals surface area contributed by atoms with Crippen LogP contribution in [0.2, 0.25) is 5.02 Å². The minimum Gasteiger partial charge on any atom is -0.497 e. The third-order valence-electron chi connectivity index (χ3n) is 5.98. The van der Waals surface area contributed by atoms with E-state index in [-0.39, 0.29) is 5.56 Å². The average molecular weight is 538 g/mol. The van der Waals surface area contributed by atoms with E-state index in [1.807, 2.05) is 36.4 Å². The number of methoxy groups -OCH3 is 1. The van der Waals surface area contributed by atoms with Crippen molar-refractivity contribution in [1.29, 1.82) is 0 Å². The second-order valence-corrected chi connectivity index (χ2v) is 9.03. The quantitative estimate of drug-likeness (QED) is 0.222. The average Bonchev–Trinajstić information content (AvgIpc) is 3.43. The molecule has 0 fully saturated rings. The summed E-state index contributed by atoms with van der Waals surface area (Å²) in [6.07, 6.45) is 0.381. The van der Waals surface area contributed by atoms with Crippen LogP contribution < -0.4 is 10.1 Å². The van der Waals surface area contributed by atoms with Crippen LogP contribution in [0.4, 0.5) is 5.69 Å². The Balaban J connectivity index is 1.50. The van der Waals surface area contributed by atoms with Crippen LogP contribution in [0.25, 0.3) is 16.9 Å². The molecule has 1 heterocycles. The maximum atomic E-state index is 13.7. The fourth-order valence-electron chi connectivity index (χ4n) is 4.04. The summed E-state index contributed by atoms with van der Waals surface area (Å²) in [6.45, 7) is 0. The molecule has 39 heavy (non-hydrogen) atoms. The van der Waals surface area contributed by atoms with E-state index in [2.05, 4.69) is 10.4 Å². The van der Waals surface area contributed by atoms with Gasteiger partial charge < -0.3 is 14.8 Å². The van der Waals surface area contributed by atoms with E-state index in [0.29, 0.717) is 33.3 Å². The lowest BCUT2D eigenvalue weighted by atomic mass is 10.1. The highest BCUT2D eigenvalue weighted by atomic mass is 35.5. The zero-order valence-electron chi connectivity index (χ0n) is 21.0. The summed E-state index contributed by atoms with van der Waals surface area (Å²) >= 11 is 6.09. The maximum absolute atomic E-state index is 13.7. The Bertz CT molecular complexity index is 1590. The number of amides is 1. The van der Waals surface area contributed by atoms with Gasteiger partial charge in [0, 0.05) is 34.1 Å². The lowest BCUT2D eigenvalue weighted by Crippen LogP contribution is -2.26. The molecule has 0 unspecified atom stereocenters. The molecule has 7 nitrogen and oxygen atoms in total. The molecule has 8 heteroatoms. The van der Waals surface area contributed by atoms with Gasteiger partial charge in [-0.1, -0.05) is 78.3 Å². The largest absolute Gasteiger partial charge is 0.497 e. The predicted octanol–water partition coefficient (Wildman–Crippen LogP) is 6.74. The fraction of sp³-hybridized carbons (Fsp3) is 0.0645. The number of rotatable bonds is 8.